The molecule has 0 spiro atoms. The summed E-state index contributed by atoms with van der Waals surface area (Å²) in [6.07, 6.45) is 2.15. The Hall–Kier alpha value is -0.350. The molecule has 98 valence electrons. The highest BCUT2D eigenvalue weighted by Crippen LogP contribution is 2.24. The summed E-state index contributed by atoms with van der Waals surface area (Å²) in [5, 5.41) is 14.6. The SMILES string of the molecule is CCc1nn(CC)c(CC(O)CC(C)C)c1Br. The van der Waals surface area contributed by atoms with Gasteiger partial charge in [-0.15, -0.1) is 0 Å². The molecule has 1 rings (SSSR count). The molecule has 17 heavy (non-hydrogen) atoms. The Morgan fingerprint density at radius 2 is 2.00 bits per heavy atom. The van der Waals surface area contributed by atoms with E-state index in [2.05, 4.69) is 48.7 Å². The minimum atomic E-state index is -0.280. The lowest BCUT2D eigenvalue weighted by atomic mass is 10.0. The maximum atomic E-state index is 10.0. The second kappa shape index (κ2) is 6.55. The van der Waals surface area contributed by atoms with E-state index in [1.54, 1.807) is 0 Å². The van der Waals surface area contributed by atoms with Gasteiger partial charge in [-0.1, -0.05) is 20.8 Å². The highest BCUT2D eigenvalue weighted by atomic mass is 79.9. The van der Waals surface area contributed by atoms with Gasteiger partial charge in [0.2, 0.25) is 0 Å². The van der Waals surface area contributed by atoms with Crippen LogP contribution in [0.4, 0.5) is 0 Å². The summed E-state index contributed by atoms with van der Waals surface area (Å²) >= 11 is 3.60. The van der Waals surface area contributed by atoms with Crippen molar-refractivity contribution in [2.45, 2.75) is 59.6 Å². The second-order valence-electron chi connectivity index (χ2n) is 4.86. The summed E-state index contributed by atoms with van der Waals surface area (Å²) in [6.45, 7) is 9.29. The lowest BCUT2D eigenvalue weighted by Gasteiger charge is -2.14. The van der Waals surface area contributed by atoms with Crippen LogP contribution in [0.1, 0.15) is 45.5 Å². The van der Waals surface area contributed by atoms with Crippen molar-refractivity contribution in [3.63, 3.8) is 0 Å². The summed E-state index contributed by atoms with van der Waals surface area (Å²) in [5.74, 6) is 0.521. The molecule has 0 amide bonds. The molecule has 0 bridgehead atoms. The normalized spacial score (nSPS) is 13.4. The van der Waals surface area contributed by atoms with Gasteiger partial charge in [-0.3, -0.25) is 4.68 Å². The number of halogens is 1. The Morgan fingerprint density at radius 3 is 2.47 bits per heavy atom. The fraction of sp³-hybridized carbons (Fsp3) is 0.769. The van der Waals surface area contributed by atoms with Crippen LogP contribution >= 0.6 is 15.9 Å². The summed E-state index contributed by atoms with van der Waals surface area (Å²) in [6, 6.07) is 0. The van der Waals surface area contributed by atoms with Gasteiger partial charge in [0, 0.05) is 13.0 Å². The number of aliphatic hydroxyl groups excluding tert-OH is 1. The zero-order valence-electron chi connectivity index (χ0n) is 11.2. The third kappa shape index (κ3) is 3.81. The average molecular weight is 303 g/mol. The van der Waals surface area contributed by atoms with Gasteiger partial charge < -0.3 is 5.11 Å². The van der Waals surface area contributed by atoms with Crippen LogP contribution in [0.5, 0.6) is 0 Å². The summed E-state index contributed by atoms with van der Waals surface area (Å²) in [5.41, 5.74) is 2.20. The van der Waals surface area contributed by atoms with Crippen LogP contribution in [0, 0.1) is 5.92 Å². The Balaban J connectivity index is 2.85. The van der Waals surface area contributed by atoms with Crippen molar-refractivity contribution >= 4 is 15.9 Å². The van der Waals surface area contributed by atoms with E-state index in [0.29, 0.717) is 12.3 Å². The Kier molecular flexibility index (Phi) is 5.67. The van der Waals surface area contributed by atoms with Crippen LogP contribution in [0.3, 0.4) is 0 Å². The van der Waals surface area contributed by atoms with Crippen LogP contribution in [-0.4, -0.2) is 21.0 Å². The van der Waals surface area contributed by atoms with Gasteiger partial charge in [0.15, 0.2) is 0 Å². The van der Waals surface area contributed by atoms with Crippen LogP contribution in [0.25, 0.3) is 0 Å². The summed E-state index contributed by atoms with van der Waals surface area (Å²) in [7, 11) is 0. The predicted molar refractivity (Wildman–Crippen MR) is 74.1 cm³/mol. The first kappa shape index (κ1) is 14.7. The van der Waals surface area contributed by atoms with Crippen LogP contribution in [-0.2, 0) is 19.4 Å². The second-order valence-corrected chi connectivity index (χ2v) is 5.66. The van der Waals surface area contributed by atoms with E-state index in [0.717, 1.165) is 35.2 Å². The van der Waals surface area contributed by atoms with Gasteiger partial charge in [0.1, 0.15) is 0 Å². The highest BCUT2D eigenvalue weighted by Gasteiger charge is 2.17. The van der Waals surface area contributed by atoms with Gasteiger partial charge in [-0.05, 0) is 41.6 Å². The molecule has 3 nitrogen and oxygen atoms in total. The molecule has 1 atom stereocenters. The molecule has 4 heteroatoms. The zero-order chi connectivity index (χ0) is 13.0. The summed E-state index contributed by atoms with van der Waals surface area (Å²) < 4.78 is 3.07. The first-order valence-electron chi connectivity index (χ1n) is 6.41. The number of hydrogen-bond donors (Lipinski definition) is 1. The van der Waals surface area contributed by atoms with E-state index in [1.807, 2.05) is 4.68 Å². The minimum absolute atomic E-state index is 0.280. The van der Waals surface area contributed by atoms with Crippen molar-refractivity contribution in [2.24, 2.45) is 5.92 Å². The van der Waals surface area contributed by atoms with Crippen LogP contribution in [0.2, 0.25) is 0 Å². The number of aliphatic hydroxyl groups is 1. The molecule has 0 saturated heterocycles. The van der Waals surface area contributed by atoms with Crippen molar-refractivity contribution in [3.05, 3.63) is 15.9 Å². The van der Waals surface area contributed by atoms with Gasteiger partial charge in [-0.2, -0.15) is 5.10 Å². The van der Waals surface area contributed by atoms with Gasteiger partial charge in [-0.25, -0.2) is 0 Å². The van der Waals surface area contributed by atoms with E-state index in [1.165, 1.54) is 0 Å². The molecule has 1 aromatic heterocycles. The number of aromatic nitrogens is 2. The number of rotatable bonds is 6. The van der Waals surface area contributed by atoms with Crippen LogP contribution in [0.15, 0.2) is 4.47 Å². The molecule has 1 heterocycles. The standard InChI is InChI=1S/C13H23BrN2O/c1-5-11-13(14)12(16(6-2)15-11)8-10(17)7-9(3)4/h9-10,17H,5-8H2,1-4H3. The molecule has 0 aliphatic heterocycles. The average Bonchev–Trinajstić information content (AvgIpc) is 2.55. The van der Waals surface area contributed by atoms with Gasteiger partial charge >= 0.3 is 0 Å². The molecule has 0 aliphatic rings. The van der Waals surface area contributed by atoms with Gasteiger partial charge in [0.25, 0.3) is 0 Å². The zero-order valence-corrected chi connectivity index (χ0v) is 12.8. The Bertz CT molecular complexity index is 361. The maximum absolute atomic E-state index is 10.0. The number of aryl methyl sites for hydroxylation is 2. The van der Waals surface area contributed by atoms with Gasteiger partial charge in [0.05, 0.1) is 22.0 Å². The summed E-state index contributed by atoms with van der Waals surface area (Å²) in [4.78, 5) is 0. The van der Waals surface area contributed by atoms with E-state index >= 15 is 0 Å². The van der Waals surface area contributed by atoms with E-state index < -0.39 is 0 Å². The fourth-order valence-electron chi connectivity index (χ4n) is 2.06. The quantitative estimate of drug-likeness (QED) is 0.876. The molecule has 0 aromatic carbocycles. The molecular weight excluding hydrogens is 280 g/mol. The van der Waals surface area contributed by atoms with Crippen molar-refractivity contribution in [2.75, 3.05) is 0 Å². The number of hydrogen-bond acceptors (Lipinski definition) is 2. The third-order valence-corrected chi connectivity index (χ3v) is 3.78. The monoisotopic (exact) mass is 302 g/mol. The topological polar surface area (TPSA) is 38.0 Å². The van der Waals surface area contributed by atoms with E-state index in [9.17, 15) is 5.11 Å². The van der Waals surface area contributed by atoms with Crippen molar-refractivity contribution in [1.82, 2.24) is 9.78 Å². The lowest BCUT2D eigenvalue weighted by Crippen LogP contribution is -2.16. The highest BCUT2D eigenvalue weighted by molar-refractivity contribution is 9.10. The smallest absolute Gasteiger partial charge is 0.0766 e. The van der Waals surface area contributed by atoms with Crippen molar-refractivity contribution in [1.29, 1.82) is 0 Å². The van der Waals surface area contributed by atoms with Crippen LogP contribution < -0.4 is 0 Å². The fourth-order valence-corrected chi connectivity index (χ4v) is 2.79. The van der Waals surface area contributed by atoms with E-state index in [4.69, 9.17) is 0 Å². The minimum Gasteiger partial charge on any atom is -0.393 e. The number of nitrogens with zero attached hydrogens (tertiary/aromatic N) is 2. The third-order valence-electron chi connectivity index (χ3n) is 2.87. The molecule has 0 saturated carbocycles. The molecule has 0 radical (unpaired) electrons. The molecule has 1 N–H and O–H groups in total. The van der Waals surface area contributed by atoms with E-state index in [-0.39, 0.29) is 6.10 Å². The predicted octanol–water partition coefficient (Wildman–Crippen LogP) is 3.18. The molecule has 1 aromatic rings. The first-order valence-corrected chi connectivity index (χ1v) is 7.20. The van der Waals surface area contributed by atoms with Crippen molar-refractivity contribution < 1.29 is 5.11 Å². The lowest BCUT2D eigenvalue weighted by molar-refractivity contribution is 0.146. The Morgan fingerprint density at radius 1 is 1.35 bits per heavy atom. The molecule has 1 unspecified atom stereocenters. The Labute approximate surface area is 112 Å². The largest absolute Gasteiger partial charge is 0.393 e. The molecule has 0 fully saturated rings. The maximum Gasteiger partial charge on any atom is 0.0766 e. The molecular formula is C13H23BrN2O. The molecule has 0 aliphatic carbocycles. The first-order chi connectivity index (χ1) is 7.99. The van der Waals surface area contributed by atoms with Crippen molar-refractivity contribution in [3.8, 4) is 0 Å².